The number of nitrogens with zero attached hydrogens (tertiary/aromatic N) is 1. The lowest BCUT2D eigenvalue weighted by Gasteiger charge is -2.33. The predicted molar refractivity (Wildman–Crippen MR) is 120 cm³/mol. The summed E-state index contributed by atoms with van der Waals surface area (Å²) in [5, 5.41) is 5.32. The molecule has 30 heavy (non-hydrogen) atoms. The molecule has 3 amide bonds. The first kappa shape index (κ1) is 21.1. The molecule has 0 saturated heterocycles. The molecular weight excluding hydrogens is 418 g/mol. The molecule has 2 aliphatic rings. The van der Waals surface area contributed by atoms with Crippen LogP contribution in [0.25, 0.3) is 0 Å². The van der Waals surface area contributed by atoms with Crippen molar-refractivity contribution < 1.29 is 14.4 Å². The van der Waals surface area contributed by atoms with E-state index in [0.29, 0.717) is 15.4 Å². The molecular formula is C22H27N3O3S2. The standard InChI is InChI=1S/C22H27N3O3S2/c23-20(27)19-15-9-4-5-10-16(15)30-21(19)24-18(26)13-25(14-7-2-1-3-8-14)22(28)17-11-6-12-29-17/h6,11-12,14H,1-5,7-10,13H2,(H2,23,27)(H,24,26). The minimum Gasteiger partial charge on any atom is -0.365 e. The largest absolute Gasteiger partial charge is 0.365 e. The van der Waals surface area contributed by atoms with E-state index in [1.807, 2.05) is 11.4 Å². The zero-order chi connectivity index (χ0) is 21.1. The van der Waals surface area contributed by atoms with E-state index < -0.39 is 5.91 Å². The number of carbonyl (C=O) groups excluding carboxylic acids is 3. The Hall–Kier alpha value is -2.19. The molecule has 2 aromatic rings. The van der Waals surface area contributed by atoms with Crippen LogP contribution >= 0.6 is 22.7 Å². The number of aryl methyl sites for hydroxylation is 1. The number of nitrogens with two attached hydrogens (primary N) is 1. The number of nitrogens with one attached hydrogen (secondary N) is 1. The number of carbonyl (C=O) groups is 3. The average Bonchev–Trinajstić information content (AvgIpc) is 3.40. The van der Waals surface area contributed by atoms with Gasteiger partial charge >= 0.3 is 0 Å². The van der Waals surface area contributed by atoms with E-state index in [4.69, 9.17) is 5.73 Å². The Labute approximate surface area is 184 Å². The summed E-state index contributed by atoms with van der Waals surface area (Å²) >= 11 is 2.85. The van der Waals surface area contributed by atoms with Crippen LogP contribution in [-0.4, -0.2) is 35.2 Å². The van der Waals surface area contributed by atoms with Gasteiger partial charge in [-0.1, -0.05) is 25.3 Å². The van der Waals surface area contributed by atoms with Gasteiger partial charge in [0.05, 0.1) is 10.4 Å². The Kier molecular flexibility index (Phi) is 6.53. The van der Waals surface area contributed by atoms with Crippen LogP contribution in [-0.2, 0) is 17.6 Å². The molecule has 2 heterocycles. The lowest BCUT2D eigenvalue weighted by Crippen LogP contribution is -2.45. The van der Waals surface area contributed by atoms with E-state index in [2.05, 4.69) is 5.32 Å². The number of anilines is 1. The van der Waals surface area contributed by atoms with E-state index in [1.54, 1.807) is 11.0 Å². The number of amides is 3. The average molecular weight is 446 g/mol. The van der Waals surface area contributed by atoms with E-state index in [1.165, 1.54) is 29.1 Å². The van der Waals surface area contributed by atoms with Gasteiger partial charge in [-0.05, 0) is 55.5 Å². The number of rotatable bonds is 6. The number of fused-ring (bicyclic) bond motifs is 1. The molecule has 6 nitrogen and oxygen atoms in total. The Morgan fingerprint density at radius 1 is 1.10 bits per heavy atom. The maximum absolute atomic E-state index is 13.1. The van der Waals surface area contributed by atoms with Crippen molar-refractivity contribution in [2.45, 2.75) is 63.8 Å². The highest BCUT2D eigenvalue weighted by atomic mass is 32.1. The molecule has 1 fully saturated rings. The summed E-state index contributed by atoms with van der Waals surface area (Å²) in [6.07, 6.45) is 9.02. The van der Waals surface area contributed by atoms with Crippen molar-refractivity contribution in [3.8, 4) is 0 Å². The molecule has 8 heteroatoms. The van der Waals surface area contributed by atoms with Crippen LogP contribution in [0.4, 0.5) is 5.00 Å². The maximum Gasteiger partial charge on any atom is 0.264 e. The summed E-state index contributed by atoms with van der Waals surface area (Å²) in [5.41, 5.74) is 7.09. The van der Waals surface area contributed by atoms with Crippen LogP contribution in [0.15, 0.2) is 17.5 Å². The van der Waals surface area contributed by atoms with Gasteiger partial charge in [0.1, 0.15) is 11.5 Å². The van der Waals surface area contributed by atoms with Crippen molar-refractivity contribution in [3.05, 3.63) is 38.4 Å². The number of thiophene rings is 2. The first-order valence-electron chi connectivity index (χ1n) is 10.6. The first-order chi connectivity index (χ1) is 14.5. The number of primary amides is 1. The molecule has 0 unspecified atom stereocenters. The molecule has 4 rings (SSSR count). The van der Waals surface area contributed by atoms with Gasteiger partial charge in [-0.15, -0.1) is 22.7 Å². The minimum atomic E-state index is -0.497. The molecule has 2 aromatic heterocycles. The van der Waals surface area contributed by atoms with Crippen molar-refractivity contribution in [1.29, 1.82) is 0 Å². The van der Waals surface area contributed by atoms with Gasteiger partial charge < -0.3 is 16.0 Å². The Morgan fingerprint density at radius 3 is 2.57 bits per heavy atom. The number of hydrogen-bond acceptors (Lipinski definition) is 5. The molecule has 0 bridgehead atoms. The van der Waals surface area contributed by atoms with Crippen LogP contribution in [0.3, 0.4) is 0 Å². The van der Waals surface area contributed by atoms with Crippen LogP contribution in [0.1, 0.15) is 75.4 Å². The van der Waals surface area contributed by atoms with E-state index in [-0.39, 0.29) is 24.4 Å². The number of hydrogen-bond donors (Lipinski definition) is 2. The van der Waals surface area contributed by atoms with Gasteiger partial charge in [0.2, 0.25) is 5.91 Å². The summed E-state index contributed by atoms with van der Waals surface area (Å²) in [6.45, 7) is -0.0117. The molecule has 0 spiro atoms. The summed E-state index contributed by atoms with van der Waals surface area (Å²) in [6, 6.07) is 3.73. The molecule has 2 aliphatic carbocycles. The third kappa shape index (κ3) is 4.44. The van der Waals surface area contributed by atoms with Gasteiger partial charge in [0.15, 0.2) is 0 Å². The van der Waals surface area contributed by atoms with Crippen molar-refractivity contribution >= 4 is 45.4 Å². The monoisotopic (exact) mass is 445 g/mol. The quantitative estimate of drug-likeness (QED) is 0.698. The van der Waals surface area contributed by atoms with Gasteiger partial charge in [-0.25, -0.2) is 0 Å². The third-order valence-electron chi connectivity index (χ3n) is 5.99. The topological polar surface area (TPSA) is 92.5 Å². The zero-order valence-electron chi connectivity index (χ0n) is 16.9. The van der Waals surface area contributed by atoms with Crippen molar-refractivity contribution in [2.75, 3.05) is 11.9 Å². The Morgan fingerprint density at radius 2 is 1.87 bits per heavy atom. The summed E-state index contributed by atoms with van der Waals surface area (Å²) < 4.78 is 0. The summed E-state index contributed by atoms with van der Waals surface area (Å²) in [4.78, 5) is 41.7. The predicted octanol–water partition coefficient (Wildman–Crippen LogP) is 4.20. The maximum atomic E-state index is 13.1. The third-order valence-corrected chi connectivity index (χ3v) is 8.06. The molecule has 1 saturated carbocycles. The van der Waals surface area contributed by atoms with Gasteiger partial charge in [0, 0.05) is 10.9 Å². The fraction of sp³-hybridized carbons (Fsp3) is 0.500. The summed E-state index contributed by atoms with van der Waals surface area (Å²) in [5.74, 6) is -0.859. The smallest absolute Gasteiger partial charge is 0.264 e. The molecule has 0 atom stereocenters. The van der Waals surface area contributed by atoms with Crippen LogP contribution in [0.5, 0.6) is 0 Å². The normalized spacial score (nSPS) is 16.7. The molecule has 3 N–H and O–H groups in total. The second kappa shape index (κ2) is 9.31. The van der Waals surface area contributed by atoms with Crippen LogP contribution in [0, 0.1) is 0 Å². The lowest BCUT2D eigenvalue weighted by atomic mass is 9.94. The molecule has 0 aromatic carbocycles. The van der Waals surface area contributed by atoms with Gasteiger partial charge in [-0.3, -0.25) is 14.4 Å². The van der Waals surface area contributed by atoms with Crippen LogP contribution in [0.2, 0.25) is 0 Å². The lowest BCUT2D eigenvalue weighted by molar-refractivity contribution is -0.117. The molecule has 0 aliphatic heterocycles. The van der Waals surface area contributed by atoms with Gasteiger partial charge in [-0.2, -0.15) is 0 Å². The van der Waals surface area contributed by atoms with Crippen LogP contribution < -0.4 is 11.1 Å². The fourth-order valence-corrected chi connectivity index (χ4v) is 6.53. The Bertz CT molecular complexity index is 930. The van der Waals surface area contributed by atoms with Gasteiger partial charge in [0.25, 0.3) is 11.8 Å². The van der Waals surface area contributed by atoms with Crippen molar-refractivity contribution in [2.24, 2.45) is 5.73 Å². The van der Waals surface area contributed by atoms with E-state index >= 15 is 0 Å². The van der Waals surface area contributed by atoms with E-state index in [0.717, 1.165) is 61.8 Å². The highest BCUT2D eigenvalue weighted by Crippen LogP contribution is 2.38. The second-order valence-electron chi connectivity index (χ2n) is 8.03. The fourth-order valence-electron chi connectivity index (χ4n) is 4.54. The minimum absolute atomic E-state index is 0.0117. The highest BCUT2D eigenvalue weighted by molar-refractivity contribution is 7.17. The second-order valence-corrected chi connectivity index (χ2v) is 10.1. The van der Waals surface area contributed by atoms with Crippen molar-refractivity contribution in [1.82, 2.24) is 4.90 Å². The molecule has 0 radical (unpaired) electrons. The Balaban J connectivity index is 1.54. The van der Waals surface area contributed by atoms with Crippen molar-refractivity contribution in [3.63, 3.8) is 0 Å². The zero-order valence-corrected chi connectivity index (χ0v) is 18.6. The summed E-state index contributed by atoms with van der Waals surface area (Å²) in [7, 11) is 0. The van der Waals surface area contributed by atoms with E-state index in [9.17, 15) is 14.4 Å². The SMILES string of the molecule is NC(=O)c1c(NC(=O)CN(C(=O)c2cccs2)C2CCCCC2)sc2c1CCCC2. The highest BCUT2D eigenvalue weighted by Gasteiger charge is 2.30. The molecule has 160 valence electrons. The first-order valence-corrected chi connectivity index (χ1v) is 12.3.